The first kappa shape index (κ1) is 21.1. The standard InChI is InChI=1S/C25H22N4O3S/c26-18-19-5-4-6-21(15-19)29(33(30,31)23-7-2-1-3-8-23)22-16-20-9-14-32-25(20)24(17-22)28-12-10-27-11-13-28/h1-9,14-17,27H,10-13H2. The molecule has 7 nitrogen and oxygen atoms in total. The molecule has 8 heteroatoms. The molecular weight excluding hydrogens is 436 g/mol. The van der Waals surface area contributed by atoms with Crippen molar-refractivity contribution in [3.8, 4) is 6.07 Å². The maximum absolute atomic E-state index is 13.9. The number of nitrogens with zero attached hydrogens (tertiary/aromatic N) is 3. The molecule has 1 fully saturated rings. The van der Waals surface area contributed by atoms with Crippen LogP contribution in [0, 0.1) is 11.3 Å². The van der Waals surface area contributed by atoms with Gasteiger partial charge in [-0.25, -0.2) is 12.7 Å². The van der Waals surface area contributed by atoms with Crippen molar-refractivity contribution < 1.29 is 12.8 Å². The molecule has 1 aliphatic heterocycles. The molecule has 166 valence electrons. The summed E-state index contributed by atoms with van der Waals surface area (Å²) in [5.41, 5.74) is 2.83. The van der Waals surface area contributed by atoms with E-state index < -0.39 is 10.0 Å². The molecule has 1 N–H and O–H groups in total. The third kappa shape index (κ3) is 3.93. The lowest BCUT2D eigenvalue weighted by Crippen LogP contribution is -2.43. The van der Waals surface area contributed by atoms with Gasteiger partial charge in [0.15, 0.2) is 5.58 Å². The summed E-state index contributed by atoms with van der Waals surface area (Å²) in [7, 11) is -3.97. The molecule has 1 aromatic heterocycles. The molecule has 0 spiro atoms. The number of nitrogens with one attached hydrogen (secondary N) is 1. The minimum atomic E-state index is -3.97. The second kappa shape index (κ2) is 8.62. The Morgan fingerprint density at radius 3 is 2.48 bits per heavy atom. The maximum atomic E-state index is 13.9. The number of furan rings is 1. The summed E-state index contributed by atoms with van der Waals surface area (Å²) in [5, 5.41) is 13.6. The van der Waals surface area contributed by atoms with E-state index in [-0.39, 0.29) is 4.90 Å². The minimum absolute atomic E-state index is 0.170. The summed E-state index contributed by atoms with van der Waals surface area (Å²) in [4.78, 5) is 2.37. The monoisotopic (exact) mass is 458 g/mol. The van der Waals surface area contributed by atoms with E-state index in [1.54, 1.807) is 60.9 Å². The van der Waals surface area contributed by atoms with Crippen LogP contribution in [0.15, 0.2) is 88.4 Å². The predicted molar refractivity (Wildman–Crippen MR) is 128 cm³/mol. The van der Waals surface area contributed by atoms with Crippen molar-refractivity contribution in [3.63, 3.8) is 0 Å². The fourth-order valence-electron chi connectivity index (χ4n) is 4.13. The number of nitriles is 1. The molecule has 2 heterocycles. The molecule has 3 aromatic carbocycles. The van der Waals surface area contributed by atoms with Gasteiger partial charge in [0.2, 0.25) is 0 Å². The SMILES string of the molecule is N#Cc1cccc(N(c2cc(N3CCNCC3)c3occc3c2)S(=O)(=O)c2ccccc2)c1. The smallest absolute Gasteiger partial charge is 0.268 e. The second-order valence-electron chi connectivity index (χ2n) is 7.79. The van der Waals surface area contributed by atoms with Gasteiger partial charge in [-0.05, 0) is 48.5 Å². The van der Waals surface area contributed by atoms with E-state index in [2.05, 4.69) is 16.3 Å². The van der Waals surface area contributed by atoms with E-state index in [0.29, 0.717) is 16.9 Å². The van der Waals surface area contributed by atoms with Crippen LogP contribution < -0.4 is 14.5 Å². The maximum Gasteiger partial charge on any atom is 0.268 e. The fraction of sp³-hybridized carbons (Fsp3) is 0.160. The van der Waals surface area contributed by atoms with Crippen molar-refractivity contribution in [1.29, 1.82) is 5.26 Å². The number of benzene rings is 3. The van der Waals surface area contributed by atoms with Crippen molar-refractivity contribution in [2.45, 2.75) is 4.90 Å². The van der Waals surface area contributed by atoms with E-state index in [0.717, 1.165) is 42.8 Å². The molecular formula is C25H22N4O3S. The van der Waals surface area contributed by atoms with Crippen LogP contribution in [0.2, 0.25) is 0 Å². The van der Waals surface area contributed by atoms with Crippen LogP contribution in [-0.4, -0.2) is 34.6 Å². The topological polar surface area (TPSA) is 89.6 Å². The zero-order valence-electron chi connectivity index (χ0n) is 17.8. The molecule has 0 radical (unpaired) electrons. The van der Waals surface area contributed by atoms with Crippen LogP contribution in [0.3, 0.4) is 0 Å². The number of piperazine rings is 1. The zero-order valence-corrected chi connectivity index (χ0v) is 18.6. The van der Waals surface area contributed by atoms with Gasteiger partial charge in [-0.3, -0.25) is 0 Å². The summed E-state index contributed by atoms with van der Waals surface area (Å²) in [6, 6.07) is 22.6. The number of hydrogen-bond donors (Lipinski definition) is 1. The second-order valence-corrected chi connectivity index (χ2v) is 9.57. The normalized spacial score (nSPS) is 14.2. The lowest BCUT2D eigenvalue weighted by molar-refractivity contribution is 0.579. The highest BCUT2D eigenvalue weighted by Crippen LogP contribution is 2.39. The Kier molecular flexibility index (Phi) is 5.50. The predicted octanol–water partition coefficient (Wildman–Crippen LogP) is 4.24. The first-order valence-corrected chi connectivity index (χ1v) is 12.1. The molecule has 1 saturated heterocycles. The molecule has 0 bridgehead atoms. The van der Waals surface area contributed by atoms with Crippen molar-refractivity contribution in [3.05, 3.63) is 84.6 Å². The molecule has 0 unspecified atom stereocenters. The zero-order chi connectivity index (χ0) is 22.8. The van der Waals surface area contributed by atoms with Gasteiger partial charge in [0.1, 0.15) is 0 Å². The Morgan fingerprint density at radius 2 is 1.73 bits per heavy atom. The summed E-state index contributed by atoms with van der Waals surface area (Å²) >= 11 is 0. The molecule has 1 aliphatic rings. The van der Waals surface area contributed by atoms with Gasteiger partial charge in [-0.15, -0.1) is 0 Å². The lowest BCUT2D eigenvalue weighted by Gasteiger charge is -2.31. The largest absolute Gasteiger partial charge is 0.462 e. The van der Waals surface area contributed by atoms with Crippen molar-refractivity contribution in [2.75, 3.05) is 35.4 Å². The Balaban J connectivity index is 1.74. The van der Waals surface area contributed by atoms with E-state index in [9.17, 15) is 13.7 Å². The first-order valence-electron chi connectivity index (χ1n) is 10.7. The van der Waals surface area contributed by atoms with Gasteiger partial charge in [-0.1, -0.05) is 24.3 Å². The summed E-state index contributed by atoms with van der Waals surface area (Å²) in [5.74, 6) is 0. The van der Waals surface area contributed by atoms with Gasteiger partial charge in [-0.2, -0.15) is 5.26 Å². The molecule has 33 heavy (non-hydrogen) atoms. The van der Waals surface area contributed by atoms with E-state index in [1.165, 1.54) is 4.31 Å². The average molecular weight is 459 g/mol. The molecule has 0 amide bonds. The number of sulfonamides is 1. The number of rotatable bonds is 5. The number of anilines is 3. The van der Waals surface area contributed by atoms with Crippen LogP contribution in [0.1, 0.15) is 5.56 Å². The Bertz CT molecular complexity index is 1440. The lowest BCUT2D eigenvalue weighted by atomic mass is 10.1. The molecule has 0 atom stereocenters. The molecule has 5 rings (SSSR count). The third-order valence-electron chi connectivity index (χ3n) is 5.70. The van der Waals surface area contributed by atoms with Crippen LogP contribution in [-0.2, 0) is 10.0 Å². The van der Waals surface area contributed by atoms with Crippen LogP contribution in [0.25, 0.3) is 11.0 Å². The Labute approximate surface area is 192 Å². The summed E-state index contributed by atoms with van der Waals surface area (Å²) in [6.45, 7) is 3.24. The first-order chi connectivity index (χ1) is 16.1. The van der Waals surface area contributed by atoms with Crippen molar-refractivity contribution >= 4 is 38.1 Å². The van der Waals surface area contributed by atoms with E-state index >= 15 is 0 Å². The van der Waals surface area contributed by atoms with Crippen LogP contribution >= 0.6 is 0 Å². The van der Waals surface area contributed by atoms with Gasteiger partial charge in [0.25, 0.3) is 10.0 Å². The fourth-order valence-corrected chi connectivity index (χ4v) is 5.62. The van der Waals surface area contributed by atoms with Gasteiger partial charge >= 0.3 is 0 Å². The highest BCUT2D eigenvalue weighted by atomic mass is 32.2. The van der Waals surface area contributed by atoms with Crippen LogP contribution in [0.5, 0.6) is 0 Å². The molecule has 0 aliphatic carbocycles. The van der Waals surface area contributed by atoms with E-state index in [1.807, 2.05) is 18.2 Å². The van der Waals surface area contributed by atoms with Gasteiger partial charge in [0.05, 0.1) is 39.9 Å². The van der Waals surface area contributed by atoms with Crippen LogP contribution in [0.4, 0.5) is 17.1 Å². The number of hydrogen-bond acceptors (Lipinski definition) is 6. The molecule has 0 saturated carbocycles. The third-order valence-corrected chi connectivity index (χ3v) is 7.47. The molecule has 4 aromatic rings. The van der Waals surface area contributed by atoms with Crippen molar-refractivity contribution in [1.82, 2.24) is 5.32 Å². The van der Waals surface area contributed by atoms with E-state index in [4.69, 9.17) is 4.42 Å². The van der Waals surface area contributed by atoms with Crippen molar-refractivity contribution in [2.24, 2.45) is 0 Å². The average Bonchev–Trinajstić information content (AvgIpc) is 3.33. The minimum Gasteiger partial charge on any atom is -0.462 e. The number of fused-ring (bicyclic) bond motifs is 1. The summed E-state index contributed by atoms with van der Waals surface area (Å²) < 4.78 is 34.9. The quantitative estimate of drug-likeness (QED) is 0.481. The highest BCUT2D eigenvalue weighted by Gasteiger charge is 2.29. The Hall–Kier alpha value is -3.80. The van der Waals surface area contributed by atoms with Gasteiger partial charge in [0, 0.05) is 31.6 Å². The highest BCUT2D eigenvalue weighted by molar-refractivity contribution is 7.93. The van der Waals surface area contributed by atoms with Gasteiger partial charge < -0.3 is 14.6 Å². The Morgan fingerprint density at radius 1 is 0.939 bits per heavy atom. The summed E-state index contributed by atoms with van der Waals surface area (Å²) in [6.07, 6.45) is 1.62.